The van der Waals surface area contributed by atoms with Gasteiger partial charge in [-0.15, -0.1) is 0 Å². The first-order valence-electron chi connectivity index (χ1n) is 8.72. The number of aryl methyl sites for hydroxylation is 3. The fourth-order valence-corrected chi connectivity index (χ4v) is 3.01. The van der Waals surface area contributed by atoms with Crippen LogP contribution in [-0.4, -0.2) is 15.7 Å². The summed E-state index contributed by atoms with van der Waals surface area (Å²) >= 11 is 0. The molecule has 0 bridgehead atoms. The van der Waals surface area contributed by atoms with Crippen molar-refractivity contribution in [3.63, 3.8) is 0 Å². The molecular weight excluding hydrogens is 310 g/mol. The van der Waals surface area contributed by atoms with Gasteiger partial charge in [0.15, 0.2) is 0 Å². The molecule has 1 amide bonds. The van der Waals surface area contributed by atoms with Crippen LogP contribution in [0.4, 0.5) is 0 Å². The summed E-state index contributed by atoms with van der Waals surface area (Å²) in [5, 5.41) is 7.29. The second kappa shape index (κ2) is 8.47. The fraction of sp³-hybridized carbons (Fsp3) is 0.333. The van der Waals surface area contributed by atoms with E-state index in [1.165, 1.54) is 11.1 Å². The van der Waals surface area contributed by atoms with Crippen LogP contribution in [0, 0.1) is 6.92 Å². The summed E-state index contributed by atoms with van der Waals surface area (Å²) in [6, 6.07) is 6.21. The van der Waals surface area contributed by atoms with Gasteiger partial charge in [0, 0.05) is 18.8 Å². The predicted molar refractivity (Wildman–Crippen MR) is 104 cm³/mol. The molecule has 0 unspecified atom stereocenters. The average molecular weight is 337 g/mol. The Bertz CT molecular complexity index is 800. The van der Waals surface area contributed by atoms with Gasteiger partial charge in [-0.25, -0.2) is 0 Å². The van der Waals surface area contributed by atoms with Crippen LogP contribution >= 0.6 is 0 Å². The fourth-order valence-electron chi connectivity index (χ4n) is 3.01. The van der Waals surface area contributed by atoms with Crippen molar-refractivity contribution in [2.75, 3.05) is 0 Å². The molecule has 0 radical (unpaired) electrons. The Morgan fingerprint density at radius 1 is 1.28 bits per heavy atom. The van der Waals surface area contributed by atoms with Gasteiger partial charge < -0.3 is 5.32 Å². The van der Waals surface area contributed by atoms with Crippen molar-refractivity contribution in [1.82, 2.24) is 15.1 Å². The summed E-state index contributed by atoms with van der Waals surface area (Å²) in [5.74, 6) is -0.118. The Labute approximate surface area is 150 Å². The summed E-state index contributed by atoms with van der Waals surface area (Å²) < 4.78 is 1.86. The number of aromatic nitrogens is 2. The van der Waals surface area contributed by atoms with Crippen LogP contribution in [0.15, 0.2) is 30.9 Å². The van der Waals surface area contributed by atoms with Gasteiger partial charge in [0.05, 0.1) is 12.2 Å². The third-order valence-electron chi connectivity index (χ3n) is 4.37. The van der Waals surface area contributed by atoms with Crippen LogP contribution in [0.2, 0.25) is 0 Å². The van der Waals surface area contributed by atoms with E-state index in [-0.39, 0.29) is 5.91 Å². The first kappa shape index (κ1) is 18.7. The van der Waals surface area contributed by atoms with E-state index in [0.29, 0.717) is 6.54 Å². The smallest absolute Gasteiger partial charge is 0.244 e. The van der Waals surface area contributed by atoms with E-state index in [0.717, 1.165) is 35.4 Å². The van der Waals surface area contributed by atoms with Crippen LogP contribution in [0.25, 0.3) is 12.2 Å². The van der Waals surface area contributed by atoms with Crippen LogP contribution in [0.3, 0.4) is 0 Å². The number of carbonyl (C=O) groups is 1. The Morgan fingerprint density at radius 2 is 2.04 bits per heavy atom. The van der Waals surface area contributed by atoms with E-state index < -0.39 is 0 Å². The summed E-state index contributed by atoms with van der Waals surface area (Å²) in [5.41, 5.74) is 6.64. The Hall–Kier alpha value is -2.62. The molecule has 4 heteroatoms. The average Bonchev–Trinajstić information content (AvgIpc) is 2.97. The maximum atomic E-state index is 12.1. The van der Waals surface area contributed by atoms with Gasteiger partial charge in [0.25, 0.3) is 0 Å². The highest BCUT2D eigenvalue weighted by molar-refractivity contribution is 5.92. The second-order valence-corrected chi connectivity index (χ2v) is 6.12. The van der Waals surface area contributed by atoms with Crippen molar-refractivity contribution in [2.24, 2.45) is 7.05 Å². The van der Waals surface area contributed by atoms with Crippen molar-refractivity contribution < 1.29 is 4.79 Å². The number of hydrogen-bond acceptors (Lipinski definition) is 2. The maximum absolute atomic E-state index is 12.1. The predicted octanol–water partition coefficient (Wildman–Crippen LogP) is 3.83. The van der Waals surface area contributed by atoms with Gasteiger partial charge in [0.1, 0.15) is 0 Å². The minimum atomic E-state index is -0.118. The number of nitrogens with one attached hydrogen (secondary N) is 1. The number of nitrogens with zero attached hydrogens (tertiary/aromatic N) is 2. The molecule has 0 saturated heterocycles. The molecule has 0 aliphatic carbocycles. The van der Waals surface area contributed by atoms with E-state index in [2.05, 4.69) is 49.9 Å². The molecule has 1 aromatic carbocycles. The van der Waals surface area contributed by atoms with Crippen molar-refractivity contribution >= 4 is 18.1 Å². The standard InChI is InChI=1S/C21H27N3O/c1-6-16-11-15(4)20(8-3)17(12-16)9-10-21(25)22-14-18-13-19(7-2)24(5)23-18/h6,9-13H,1,7-8,14H2,2-5H3,(H,22,25). The Balaban J connectivity index is 2.06. The van der Waals surface area contributed by atoms with Gasteiger partial charge in [-0.2, -0.15) is 5.10 Å². The molecule has 0 spiro atoms. The van der Waals surface area contributed by atoms with Crippen LogP contribution in [0.5, 0.6) is 0 Å². The monoisotopic (exact) mass is 337 g/mol. The molecule has 0 aliphatic heterocycles. The molecular formula is C21H27N3O. The summed E-state index contributed by atoms with van der Waals surface area (Å²) in [7, 11) is 1.92. The molecule has 2 aromatic rings. The van der Waals surface area contributed by atoms with Gasteiger partial charge in [-0.05, 0) is 60.2 Å². The third kappa shape index (κ3) is 4.69. The quantitative estimate of drug-likeness (QED) is 0.781. The van der Waals surface area contributed by atoms with Crippen molar-refractivity contribution in [3.8, 4) is 0 Å². The molecule has 0 aliphatic rings. The van der Waals surface area contributed by atoms with E-state index in [9.17, 15) is 4.79 Å². The normalized spacial score (nSPS) is 11.0. The third-order valence-corrected chi connectivity index (χ3v) is 4.37. The van der Waals surface area contributed by atoms with Crippen LogP contribution < -0.4 is 5.32 Å². The zero-order valence-corrected chi connectivity index (χ0v) is 15.6. The molecule has 0 fully saturated rings. The van der Waals surface area contributed by atoms with Gasteiger partial charge in [0.2, 0.25) is 5.91 Å². The number of carbonyl (C=O) groups excluding carboxylic acids is 1. The molecule has 1 aromatic heterocycles. The number of amides is 1. The lowest BCUT2D eigenvalue weighted by Crippen LogP contribution is -2.20. The highest BCUT2D eigenvalue weighted by Crippen LogP contribution is 2.20. The van der Waals surface area contributed by atoms with Crippen molar-refractivity contribution in [1.29, 1.82) is 0 Å². The Morgan fingerprint density at radius 3 is 2.64 bits per heavy atom. The van der Waals surface area contributed by atoms with Crippen LogP contribution in [-0.2, 0) is 31.2 Å². The minimum absolute atomic E-state index is 0.118. The first-order chi connectivity index (χ1) is 12.0. The lowest BCUT2D eigenvalue weighted by Gasteiger charge is -2.09. The molecule has 0 saturated carbocycles. The topological polar surface area (TPSA) is 46.9 Å². The molecule has 1 heterocycles. The lowest BCUT2D eigenvalue weighted by atomic mass is 9.96. The molecule has 132 valence electrons. The zero-order valence-electron chi connectivity index (χ0n) is 15.6. The van der Waals surface area contributed by atoms with E-state index in [4.69, 9.17) is 0 Å². The molecule has 1 N–H and O–H groups in total. The maximum Gasteiger partial charge on any atom is 0.244 e. The van der Waals surface area contributed by atoms with Gasteiger partial charge in [-0.3, -0.25) is 9.48 Å². The zero-order chi connectivity index (χ0) is 18.4. The Kier molecular flexibility index (Phi) is 6.34. The van der Waals surface area contributed by atoms with E-state index >= 15 is 0 Å². The van der Waals surface area contributed by atoms with Crippen molar-refractivity contribution in [3.05, 3.63) is 64.5 Å². The molecule has 25 heavy (non-hydrogen) atoms. The van der Waals surface area contributed by atoms with E-state index in [1.54, 1.807) is 6.08 Å². The highest BCUT2D eigenvalue weighted by atomic mass is 16.1. The van der Waals surface area contributed by atoms with Gasteiger partial charge in [-0.1, -0.05) is 32.6 Å². The minimum Gasteiger partial charge on any atom is -0.347 e. The first-order valence-corrected chi connectivity index (χ1v) is 8.72. The molecule has 4 nitrogen and oxygen atoms in total. The summed E-state index contributed by atoms with van der Waals surface area (Å²) in [4.78, 5) is 12.1. The number of hydrogen-bond donors (Lipinski definition) is 1. The molecule has 2 rings (SSSR count). The molecule has 0 atom stereocenters. The highest BCUT2D eigenvalue weighted by Gasteiger charge is 2.06. The summed E-state index contributed by atoms with van der Waals surface area (Å²) in [6.45, 7) is 10.6. The number of rotatable bonds is 7. The van der Waals surface area contributed by atoms with Crippen LogP contribution in [0.1, 0.15) is 47.5 Å². The largest absolute Gasteiger partial charge is 0.347 e. The number of benzene rings is 1. The van der Waals surface area contributed by atoms with E-state index in [1.807, 2.05) is 29.9 Å². The van der Waals surface area contributed by atoms with Crippen molar-refractivity contribution in [2.45, 2.75) is 40.2 Å². The second-order valence-electron chi connectivity index (χ2n) is 6.12. The SMILES string of the molecule is C=Cc1cc(C)c(CC)c(C=CC(=O)NCc2cc(CC)n(C)n2)c1. The van der Waals surface area contributed by atoms with Gasteiger partial charge >= 0.3 is 0 Å². The lowest BCUT2D eigenvalue weighted by molar-refractivity contribution is -0.116. The summed E-state index contributed by atoms with van der Waals surface area (Å²) in [6.07, 6.45) is 7.15.